The first-order chi connectivity index (χ1) is 37.4. The number of rotatable bonds is 65. The molecule has 454 valence electrons. The Morgan fingerprint density at radius 1 is 0.184 bits per heavy atom. The molecule has 76 heavy (non-hydrogen) atoms. The second-order valence-electron chi connectivity index (χ2n) is 15.8. The molecule has 0 aromatic heterocycles. The van der Waals surface area contributed by atoms with Crippen LogP contribution in [0, 0.1) is 0 Å². The van der Waals surface area contributed by atoms with Gasteiger partial charge in [0, 0.05) is 0 Å². The van der Waals surface area contributed by atoms with Crippen LogP contribution in [0.4, 0.5) is 9.59 Å². The molecule has 0 radical (unpaired) electrons. The summed E-state index contributed by atoms with van der Waals surface area (Å²) in [5, 5.41) is 0. The van der Waals surface area contributed by atoms with E-state index >= 15 is 0 Å². The maximum Gasteiger partial charge on any atom is 0.508 e. The molecule has 0 rings (SSSR count). The monoisotopic (exact) mass is 1110 g/mol. The fourth-order valence-electron chi connectivity index (χ4n) is 5.10. The van der Waals surface area contributed by atoms with Gasteiger partial charge in [0.15, 0.2) is 0 Å². The molecule has 26 heteroatoms. The normalized spacial score (nSPS) is 11.6. The van der Waals surface area contributed by atoms with Crippen molar-refractivity contribution in [3.63, 3.8) is 0 Å². The van der Waals surface area contributed by atoms with Crippen LogP contribution in [0.15, 0.2) is 0 Å². The molecule has 0 unspecified atom stereocenters. The van der Waals surface area contributed by atoms with Crippen molar-refractivity contribution >= 4 is 12.3 Å². The molecule has 0 heterocycles. The van der Waals surface area contributed by atoms with Crippen LogP contribution in [0.5, 0.6) is 0 Å². The number of ether oxygens (including phenoxy) is 24. The lowest BCUT2D eigenvalue weighted by molar-refractivity contribution is -0.0318. The predicted molar refractivity (Wildman–Crippen MR) is 272 cm³/mol. The molecule has 0 spiro atoms. The first-order valence-electron chi connectivity index (χ1n) is 26.6. The van der Waals surface area contributed by atoms with E-state index in [9.17, 15) is 9.59 Å². The minimum absolute atomic E-state index is 0.134. The summed E-state index contributed by atoms with van der Waals surface area (Å²) in [5.41, 5.74) is 0. The van der Waals surface area contributed by atoms with Crippen LogP contribution in [0.25, 0.3) is 0 Å². The highest BCUT2D eigenvalue weighted by Crippen LogP contribution is 1.95. The Hall–Kier alpha value is -2.26. The summed E-state index contributed by atoms with van der Waals surface area (Å²) in [6.07, 6.45) is -1.82. The Balaban J connectivity index is 3.10. The van der Waals surface area contributed by atoms with Crippen molar-refractivity contribution in [1.82, 2.24) is 0 Å². The van der Waals surface area contributed by atoms with Gasteiger partial charge in [0.2, 0.25) is 0 Å². The quantitative estimate of drug-likeness (QED) is 0.0626. The van der Waals surface area contributed by atoms with Crippen LogP contribution in [-0.2, 0) is 114 Å². The third kappa shape index (κ3) is 67.8. The summed E-state index contributed by atoms with van der Waals surface area (Å²) in [6.45, 7) is 25.6. The summed E-state index contributed by atoms with van der Waals surface area (Å²) in [4.78, 5) is 22.4. The minimum Gasteiger partial charge on any atom is -0.432 e. The molecular weight excluding hydrogens is 1020 g/mol. The van der Waals surface area contributed by atoms with Crippen molar-refractivity contribution in [2.75, 3.05) is 277 Å². The maximum absolute atomic E-state index is 11.2. The molecule has 0 aliphatic heterocycles. The fourth-order valence-corrected chi connectivity index (χ4v) is 5.10. The lowest BCUT2D eigenvalue weighted by atomic mass is 10.5. The third-order valence-electron chi connectivity index (χ3n) is 8.63. The zero-order valence-electron chi connectivity index (χ0n) is 46.5. The van der Waals surface area contributed by atoms with E-state index in [1.54, 1.807) is 27.7 Å². The summed E-state index contributed by atoms with van der Waals surface area (Å²) in [6, 6.07) is 0. The highest BCUT2D eigenvalue weighted by atomic mass is 16.7. The van der Waals surface area contributed by atoms with Crippen LogP contribution in [0.1, 0.15) is 27.7 Å². The van der Waals surface area contributed by atoms with Gasteiger partial charge in [-0.05, 0) is 27.7 Å². The van der Waals surface area contributed by atoms with Gasteiger partial charge in [0.05, 0.1) is 276 Å². The van der Waals surface area contributed by atoms with Gasteiger partial charge in [-0.15, -0.1) is 0 Å². The van der Waals surface area contributed by atoms with Crippen LogP contribution < -0.4 is 0 Å². The first kappa shape index (κ1) is 73.7. The molecule has 26 nitrogen and oxygen atoms in total. The van der Waals surface area contributed by atoms with Gasteiger partial charge in [-0.3, -0.25) is 0 Å². The Morgan fingerprint density at radius 3 is 0.368 bits per heavy atom. The minimum atomic E-state index is -0.697. The molecule has 0 bridgehead atoms. The second kappa shape index (κ2) is 65.3. The fraction of sp³-hybridized carbons (Fsp3) is 0.960. The molecule has 0 atom stereocenters. The summed E-state index contributed by atoms with van der Waals surface area (Å²) in [5.74, 6) is 0. The molecule has 0 N–H and O–H groups in total. The van der Waals surface area contributed by atoms with Gasteiger partial charge in [-0.25, -0.2) is 9.59 Å². The van der Waals surface area contributed by atoms with Gasteiger partial charge in [-0.1, -0.05) is 0 Å². The first-order valence-corrected chi connectivity index (χ1v) is 26.6. The highest BCUT2D eigenvalue weighted by molar-refractivity contribution is 5.60. The predicted octanol–water partition coefficient (Wildman–Crippen LogP) is 2.44. The molecule has 0 aromatic rings. The highest BCUT2D eigenvalue weighted by Gasteiger charge is 2.07. The molecule has 0 aliphatic rings. The zero-order valence-corrected chi connectivity index (χ0v) is 46.5. The van der Waals surface area contributed by atoms with Gasteiger partial charge >= 0.3 is 12.3 Å². The van der Waals surface area contributed by atoms with E-state index in [0.717, 1.165) is 0 Å². The van der Waals surface area contributed by atoms with Gasteiger partial charge in [0.1, 0.15) is 13.2 Å². The van der Waals surface area contributed by atoms with Crippen molar-refractivity contribution in [2.24, 2.45) is 0 Å². The average molecular weight is 1120 g/mol. The van der Waals surface area contributed by atoms with Crippen molar-refractivity contribution in [1.29, 1.82) is 0 Å². The number of hydrogen-bond donors (Lipinski definition) is 0. The molecule has 0 saturated carbocycles. The number of carbonyl (C=O) groups excluding carboxylic acids is 2. The smallest absolute Gasteiger partial charge is 0.432 e. The second-order valence-corrected chi connectivity index (χ2v) is 15.8. The Kier molecular flexibility index (Phi) is 63.3. The summed E-state index contributed by atoms with van der Waals surface area (Å²) >= 11 is 0. The van der Waals surface area contributed by atoms with Crippen LogP contribution in [0.2, 0.25) is 0 Å². The third-order valence-corrected chi connectivity index (χ3v) is 8.63. The Bertz CT molecular complexity index is 1050. The topological polar surface area (TPSA) is 256 Å². The Labute approximate surface area is 452 Å². The van der Waals surface area contributed by atoms with E-state index in [0.29, 0.717) is 251 Å². The van der Waals surface area contributed by atoms with Gasteiger partial charge in [0.25, 0.3) is 0 Å². The van der Waals surface area contributed by atoms with Crippen molar-refractivity contribution in [2.45, 2.75) is 39.9 Å². The molecule has 0 aromatic carbocycles. The van der Waals surface area contributed by atoms with E-state index in [1.165, 1.54) is 0 Å². The van der Waals surface area contributed by atoms with Crippen LogP contribution in [-0.4, -0.2) is 302 Å². The van der Waals surface area contributed by atoms with Gasteiger partial charge in [-0.2, -0.15) is 0 Å². The molecule has 0 fully saturated rings. The average Bonchev–Trinajstić information content (AvgIpc) is 3.39. The molecule has 0 aliphatic carbocycles. The van der Waals surface area contributed by atoms with E-state index in [1.807, 2.05) is 0 Å². The van der Waals surface area contributed by atoms with Crippen LogP contribution in [0.3, 0.4) is 0 Å². The molecular formula is C50H98O26. The number of hydrogen-bond acceptors (Lipinski definition) is 26. The molecule has 0 saturated heterocycles. The lowest BCUT2D eigenvalue weighted by Crippen LogP contribution is -2.17. The van der Waals surface area contributed by atoms with Crippen molar-refractivity contribution in [3.8, 4) is 0 Å². The standard InChI is InChI=1S/C50H98O26/c1-47(2)75-49(51)73-45-43-71-41-39-69-37-35-67-33-31-65-29-27-63-25-23-61-21-19-59-17-15-57-13-11-55-9-7-53-5-6-54-8-10-56-12-14-58-16-18-60-20-22-62-24-26-64-28-30-66-32-34-68-36-38-70-40-42-72-44-46-74-50(52)76-48(3)4/h47-48H,5-46H2,1-4H3. The molecule has 0 amide bonds. The lowest BCUT2D eigenvalue weighted by Gasteiger charge is -2.09. The van der Waals surface area contributed by atoms with E-state index in [2.05, 4.69) is 0 Å². The zero-order chi connectivity index (χ0) is 55.0. The Morgan fingerprint density at radius 2 is 0.276 bits per heavy atom. The van der Waals surface area contributed by atoms with E-state index < -0.39 is 12.3 Å². The van der Waals surface area contributed by atoms with Gasteiger partial charge < -0.3 is 114 Å². The summed E-state index contributed by atoms with van der Waals surface area (Å²) in [7, 11) is 0. The van der Waals surface area contributed by atoms with Crippen molar-refractivity contribution in [3.05, 3.63) is 0 Å². The maximum atomic E-state index is 11.2. The van der Waals surface area contributed by atoms with E-state index in [-0.39, 0.29) is 38.6 Å². The van der Waals surface area contributed by atoms with Crippen molar-refractivity contribution < 1.29 is 123 Å². The van der Waals surface area contributed by atoms with Crippen LogP contribution >= 0.6 is 0 Å². The van der Waals surface area contributed by atoms with E-state index in [4.69, 9.17) is 114 Å². The largest absolute Gasteiger partial charge is 0.508 e. The number of carbonyl (C=O) groups is 2. The summed E-state index contributed by atoms with van der Waals surface area (Å²) < 4.78 is 129. The SMILES string of the molecule is CC(C)OC(=O)OCCOCCOCCOCCOCCOCCOCCOCCOCCOCCOCCOCCOCCOCCOCCOCCOCCOCCOCCOCCOCCOC(=O)OC(C)C.